The van der Waals surface area contributed by atoms with E-state index < -0.39 is 10.0 Å². The average Bonchev–Trinajstić information content (AvgIpc) is 2.29. The second-order valence-corrected chi connectivity index (χ2v) is 6.06. The first-order valence-electron chi connectivity index (χ1n) is 5.40. The van der Waals surface area contributed by atoms with Crippen LogP contribution in [0.4, 0.5) is 0 Å². The van der Waals surface area contributed by atoms with Gasteiger partial charge in [-0.2, -0.15) is 0 Å². The summed E-state index contributed by atoms with van der Waals surface area (Å²) in [4.78, 5) is 0. The molecular weight excluding hydrogens is 260 g/mol. The molecule has 0 heterocycles. The molecule has 0 atom stereocenters. The molecule has 0 aliphatic heterocycles. The number of nitrogens with one attached hydrogen (secondary N) is 2. The van der Waals surface area contributed by atoms with Gasteiger partial charge in [0, 0.05) is 18.1 Å². The average molecular weight is 277 g/mol. The molecule has 0 amide bonds. The van der Waals surface area contributed by atoms with Crippen LogP contribution in [0, 0.1) is 0 Å². The quantitative estimate of drug-likeness (QED) is 0.782. The molecule has 0 saturated carbocycles. The molecule has 0 bridgehead atoms. The van der Waals surface area contributed by atoms with Crippen molar-refractivity contribution in [3.05, 3.63) is 34.9 Å². The monoisotopic (exact) mass is 276 g/mol. The first-order valence-corrected chi connectivity index (χ1v) is 7.43. The number of halogens is 1. The summed E-state index contributed by atoms with van der Waals surface area (Å²) in [6.07, 6.45) is 0.663. The molecule has 0 spiro atoms. The smallest absolute Gasteiger partial charge is 0.212 e. The highest BCUT2D eigenvalue weighted by Crippen LogP contribution is 2.09. The van der Waals surface area contributed by atoms with Gasteiger partial charge in [0.05, 0.1) is 5.75 Å². The van der Waals surface area contributed by atoms with Crippen molar-refractivity contribution in [1.29, 1.82) is 0 Å². The van der Waals surface area contributed by atoms with Gasteiger partial charge >= 0.3 is 0 Å². The van der Waals surface area contributed by atoms with E-state index in [0.29, 0.717) is 24.5 Å². The Bertz CT molecular complexity index is 431. The van der Waals surface area contributed by atoms with Crippen molar-refractivity contribution in [2.24, 2.45) is 0 Å². The Kier molecular flexibility index (Phi) is 5.91. The van der Waals surface area contributed by atoms with E-state index in [1.165, 1.54) is 0 Å². The van der Waals surface area contributed by atoms with E-state index >= 15 is 0 Å². The van der Waals surface area contributed by atoms with Crippen LogP contribution in [0.5, 0.6) is 0 Å². The maximum absolute atomic E-state index is 11.5. The minimum atomic E-state index is -3.16. The van der Waals surface area contributed by atoms with Gasteiger partial charge in [0.1, 0.15) is 0 Å². The zero-order chi connectivity index (χ0) is 12.7. The molecule has 0 fully saturated rings. The van der Waals surface area contributed by atoms with Crippen LogP contribution in [0.3, 0.4) is 0 Å². The van der Waals surface area contributed by atoms with Crippen LogP contribution < -0.4 is 10.0 Å². The van der Waals surface area contributed by atoms with Crippen molar-refractivity contribution in [2.45, 2.75) is 6.42 Å². The molecule has 17 heavy (non-hydrogen) atoms. The Labute approximate surface area is 107 Å². The summed E-state index contributed by atoms with van der Waals surface area (Å²) < 4.78 is 25.5. The second kappa shape index (κ2) is 6.96. The van der Waals surface area contributed by atoms with Crippen molar-refractivity contribution < 1.29 is 8.42 Å². The Balaban J connectivity index is 2.34. The van der Waals surface area contributed by atoms with Crippen molar-refractivity contribution >= 4 is 21.6 Å². The number of hydrogen-bond donors (Lipinski definition) is 2. The van der Waals surface area contributed by atoms with Gasteiger partial charge in [-0.05, 0) is 31.2 Å². The van der Waals surface area contributed by atoms with Crippen molar-refractivity contribution in [2.75, 3.05) is 25.9 Å². The fourth-order valence-electron chi connectivity index (χ4n) is 1.31. The molecule has 1 aromatic carbocycles. The van der Waals surface area contributed by atoms with Crippen LogP contribution in [-0.4, -0.2) is 34.3 Å². The van der Waals surface area contributed by atoms with Gasteiger partial charge in [-0.25, -0.2) is 13.1 Å². The molecular formula is C11H17ClN2O2S. The molecule has 0 aliphatic carbocycles. The lowest BCUT2D eigenvalue weighted by molar-refractivity contribution is 0.579. The van der Waals surface area contributed by atoms with Crippen LogP contribution >= 0.6 is 11.6 Å². The first-order chi connectivity index (χ1) is 8.03. The largest absolute Gasteiger partial charge is 0.319 e. The van der Waals surface area contributed by atoms with Crippen LogP contribution in [0.25, 0.3) is 0 Å². The zero-order valence-electron chi connectivity index (χ0n) is 9.74. The minimum Gasteiger partial charge on any atom is -0.319 e. The summed E-state index contributed by atoms with van der Waals surface area (Å²) in [6, 6.07) is 7.38. The number of hydrogen-bond acceptors (Lipinski definition) is 3. The maximum Gasteiger partial charge on any atom is 0.212 e. The van der Waals surface area contributed by atoms with Crippen LogP contribution in [-0.2, 0) is 16.4 Å². The molecule has 2 N–H and O–H groups in total. The lowest BCUT2D eigenvalue weighted by Gasteiger charge is -2.06. The predicted molar refractivity (Wildman–Crippen MR) is 70.9 cm³/mol. The fraction of sp³-hybridized carbons (Fsp3) is 0.455. The normalized spacial score (nSPS) is 11.6. The Morgan fingerprint density at radius 2 is 1.82 bits per heavy atom. The third-order valence-electron chi connectivity index (χ3n) is 2.27. The van der Waals surface area contributed by atoms with Crippen molar-refractivity contribution in [3.8, 4) is 0 Å². The SMILES string of the molecule is CNCCS(=O)(=O)NCCc1ccc(Cl)cc1. The molecule has 96 valence electrons. The highest BCUT2D eigenvalue weighted by atomic mass is 35.5. The third kappa shape index (κ3) is 6.02. The zero-order valence-corrected chi connectivity index (χ0v) is 11.3. The van der Waals surface area contributed by atoms with Gasteiger partial charge in [0.2, 0.25) is 10.0 Å². The highest BCUT2D eigenvalue weighted by Gasteiger charge is 2.07. The maximum atomic E-state index is 11.5. The van der Waals surface area contributed by atoms with E-state index in [-0.39, 0.29) is 5.75 Å². The van der Waals surface area contributed by atoms with Crippen LogP contribution in [0.2, 0.25) is 5.02 Å². The summed E-state index contributed by atoms with van der Waals surface area (Å²) in [6.45, 7) is 0.865. The summed E-state index contributed by atoms with van der Waals surface area (Å²) in [7, 11) is -1.44. The summed E-state index contributed by atoms with van der Waals surface area (Å²) in [5, 5.41) is 3.49. The first kappa shape index (κ1) is 14.4. The molecule has 0 saturated heterocycles. The van der Waals surface area contributed by atoms with Gasteiger partial charge in [0.15, 0.2) is 0 Å². The summed E-state index contributed by atoms with van der Waals surface area (Å²) in [5.74, 6) is 0.101. The van der Waals surface area contributed by atoms with E-state index in [4.69, 9.17) is 11.6 Å². The van der Waals surface area contributed by atoms with E-state index in [0.717, 1.165) is 5.56 Å². The topological polar surface area (TPSA) is 58.2 Å². The van der Waals surface area contributed by atoms with Gasteiger partial charge in [-0.1, -0.05) is 23.7 Å². The van der Waals surface area contributed by atoms with Gasteiger partial charge in [0.25, 0.3) is 0 Å². The van der Waals surface area contributed by atoms with E-state index in [2.05, 4.69) is 10.0 Å². The minimum absolute atomic E-state index is 0.101. The van der Waals surface area contributed by atoms with Gasteiger partial charge < -0.3 is 5.32 Å². The highest BCUT2D eigenvalue weighted by molar-refractivity contribution is 7.89. The standard InChI is InChI=1S/C11H17ClN2O2S/c1-13-8-9-17(15,16)14-7-6-10-2-4-11(12)5-3-10/h2-5,13-14H,6-9H2,1H3. The number of benzene rings is 1. The van der Waals surface area contributed by atoms with Crippen molar-refractivity contribution in [1.82, 2.24) is 10.0 Å². The molecule has 0 unspecified atom stereocenters. The Hall–Kier alpha value is -0.620. The second-order valence-electron chi connectivity index (χ2n) is 3.69. The van der Waals surface area contributed by atoms with Crippen molar-refractivity contribution in [3.63, 3.8) is 0 Å². The van der Waals surface area contributed by atoms with Crippen LogP contribution in [0.15, 0.2) is 24.3 Å². The predicted octanol–water partition coefficient (Wildman–Crippen LogP) is 1.02. The molecule has 1 aromatic rings. The summed E-state index contributed by atoms with van der Waals surface area (Å²) in [5.41, 5.74) is 1.06. The lowest BCUT2D eigenvalue weighted by Crippen LogP contribution is -2.32. The van der Waals surface area contributed by atoms with E-state index in [1.807, 2.05) is 12.1 Å². The third-order valence-corrected chi connectivity index (χ3v) is 3.91. The Morgan fingerprint density at radius 3 is 2.41 bits per heavy atom. The molecule has 1 rings (SSSR count). The molecule has 0 aliphatic rings. The number of rotatable bonds is 7. The fourth-order valence-corrected chi connectivity index (χ4v) is 2.47. The van der Waals surface area contributed by atoms with Gasteiger partial charge in [-0.15, -0.1) is 0 Å². The van der Waals surface area contributed by atoms with Gasteiger partial charge in [-0.3, -0.25) is 0 Å². The summed E-state index contributed by atoms with van der Waals surface area (Å²) >= 11 is 5.76. The molecule has 6 heteroatoms. The molecule has 4 nitrogen and oxygen atoms in total. The number of sulfonamides is 1. The Morgan fingerprint density at radius 1 is 1.18 bits per heavy atom. The molecule has 0 aromatic heterocycles. The van der Waals surface area contributed by atoms with E-state index in [1.54, 1.807) is 19.2 Å². The van der Waals surface area contributed by atoms with Crippen LogP contribution in [0.1, 0.15) is 5.56 Å². The molecule has 0 radical (unpaired) electrons. The van der Waals surface area contributed by atoms with E-state index in [9.17, 15) is 8.42 Å². The lowest BCUT2D eigenvalue weighted by atomic mass is 10.2.